The van der Waals surface area contributed by atoms with Gasteiger partial charge in [0.25, 0.3) is 0 Å². The maximum Gasteiger partial charge on any atom is -0.0745 e. The van der Waals surface area contributed by atoms with E-state index in [0.717, 1.165) is 5.52 Å². The van der Waals surface area contributed by atoms with Gasteiger partial charge in [-0.2, -0.15) is 29.0 Å². The second-order valence-electron chi connectivity index (χ2n) is 4.16. The summed E-state index contributed by atoms with van der Waals surface area (Å²) < 4.78 is 3.34. The normalized spacial score (nSPS) is 7.79. The molecule has 0 aliphatic rings. The summed E-state index contributed by atoms with van der Waals surface area (Å²) in [6.07, 6.45) is 2.91. The van der Waals surface area contributed by atoms with Crippen LogP contribution in [0.1, 0.15) is 0 Å². The fourth-order valence-corrected chi connectivity index (χ4v) is 2.00. The average molecular weight is 440 g/mol. The summed E-state index contributed by atoms with van der Waals surface area (Å²) in [5.41, 5.74) is 1.15. The predicted octanol–water partition coefficient (Wildman–Crippen LogP) is 6.24. The van der Waals surface area contributed by atoms with Crippen molar-refractivity contribution < 1.29 is 24.2 Å². The summed E-state index contributed by atoms with van der Waals surface area (Å²) in [5.74, 6) is 0. The van der Waals surface area contributed by atoms with Crippen LogP contribution < -0.4 is 0 Å². The molecule has 4 heteroatoms. The molecule has 1 aromatic heterocycles. The second-order valence-corrected chi connectivity index (χ2v) is 4.16. The number of nitrogens with one attached hydrogen (secondary N) is 1. The molecule has 0 aliphatic carbocycles. The molecule has 4 aromatic rings. The Kier molecular flexibility index (Phi) is 17.9. The van der Waals surface area contributed by atoms with Gasteiger partial charge in [0.1, 0.15) is 0 Å². The third kappa shape index (κ3) is 7.66. The fourth-order valence-electron chi connectivity index (χ4n) is 2.00. The van der Waals surface area contributed by atoms with E-state index in [1.807, 2.05) is 24.3 Å². The number of hydrogen-bond donors (Lipinski definition) is 1. The number of halogens is 2. The number of rotatable bonds is 0. The first-order valence-electron chi connectivity index (χ1n) is 6.33. The molecule has 0 spiro atoms. The van der Waals surface area contributed by atoms with Gasteiger partial charge in [0.05, 0.1) is 0 Å². The van der Waals surface area contributed by atoms with Crippen LogP contribution in [0.2, 0.25) is 0 Å². The summed E-state index contributed by atoms with van der Waals surface area (Å²) >= 11 is 1.30. The second kappa shape index (κ2) is 15.5. The zero-order valence-corrected chi connectivity index (χ0v) is 18.0. The molecule has 24 heavy (non-hydrogen) atoms. The van der Waals surface area contributed by atoms with E-state index in [9.17, 15) is 0 Å². The SMILES string of the molecule is Cl.Cl.[CH2]=[Zr].[CH3-].[CH3-].[c-]1cc2ccccc2[nH]1.c1ccc2[cH-]ccc2c1. The summed E-state index contributed by atoms with van der Waals surface area (Å²) in [7, 11) is 0. The predicted molar refractivity (Wildman–Crippen MR) is 111 cm³/mol. The van der Waals surface area contributed by atoms with E-state index in [4.69, 9.17) is 0 Å². The molecule has 0 unspecified atom stereocenters. The van der Waals surface area contributed by atoms with Crippen LogP contribution in [0.25, 0.3) is 21.7 Å². The van der Waals surface area contributed by atoms with Gasteiger partial charge in [0.2, 0.25) is 0 Å². The Labute approximate surface area is 173 Å². The van der Waals surface area contributed by atoms with Crippen molar-refractivity contribution in [3.05, 3.63) is 93.8 Å². The zero-order valence-electron chi connectivity index (χ0n) is 14.0. The Morgan fingerprint density at radius 2 is 1.42 bits per heavy atom. The number of aromatic nitrogens is 1. The zero-order chi connectivity index (χ0) is 14.2. The first kappa shape index (κ1) is 27.8. The van der Waals surface area contributed by atoms with Gasteiger partial charge in [-0.1, -0.05) is 18.2 Å². The Bertz CT molecular complexity index is 651. The molecule has 0 saturated heterocycles. The molecule has 4 rings (SSSR count). The Hall–Kier alpha value is -1.08. The Morgan fingerprint density at radius 3 is 2.04 bits per heavy atom. The summed E-state index contributed by atoms with van der Waals surface area (Å²) in [6.45, 7) is 0. The van der Waals surface area contributed by atoms with E-state index in [-0.39, 0.29) is 39.7 Å². The molecule has 0 saturated carbocycles. The molecule has 1 heterocycles. The number of H-pyrrole nitrogens is 1. The van der Waals surface area contributed by atoms with E-state index in [2.05, 4.69) is 63.9 Å². The molecule has 0 fully saturated rings. The van der Waals surface area contributed by atoms with Crippen LogP contribution in [0.4, 0.5) is 0 Å². The third-order valence-corrected chi connectivity index (χ3v) is 2.94. The number of para-hydroxylation sites is 1. The summed E-state index contributed by atoms with van der Waals surface area (Å²) in [5, 5.41) is 3.88. The maximum atomic E-state index is 3.34. The molecule has 0 aliphatic heterocycles. The van der Waals surface area contributed by atoms with Crippen molar-refractivity contribution in [2.24, 2.45) is 0 Å². The molecular formula is C20H23Cl2NZr-4. The summed E-state index contributed by atoms with van der Waals surface area (Å²) in [4.78, 5) is 2.99. The molecule has 130 valence electrons. The largest absolute Gasteiger partial charge is 0.477 e. The number of hydrogen-bond acceptors (Lipinski definition) is 0. The summed E-state index contributed by atoms with van der Waals surface area (Å²) in [6, 6.07) is 24.7. The van der Waals surface area contributed by atoms with Crippen LogP contribution in [0.3, 0.4) is 0 Å². The van der Waals surface area contributed by atoms with Crippen LogP contribution >= 0.6 is 24.8 Å². The monoisotopic (exact) mass is 437 g/mol. The van der Waals surface area contributed by atoms with Gasteiger partial charge in [-0.15, -0.1) is 78.3 Å². The smallest absolute Gasteiger partial charge is 0.0745 e. The Balaban J connectivity index is -0.000000290. The van der Waals surface area contributed by atoms with Gasteiger partial charge in [-0.3, -0.25) is 0 Å². The molecule has 1 nitrogen and oxygen atoms in total. The van der Waals surface area contributed by atoms with Crippen molar-refractivity contribution in [2.45, 2.75) is 0 Å². The van der Waals surface area contributed by atoms with Crippen molar-refractivity contribution in [3.8, 4) is 0 Å². The number of fused-ring (bicyclic) bond motifs is 2. The minimum Gasteiger partial charge on any atom is -0.477 e. The Morgan fingerprint density at radius 1 is 0.833 bits per heavy atom. The van der Waals surface area contributed by atoms with Gasteiger partial charge in [-0.05, 0) is 0 Å². The molecule has 3 aromatic carbocycles. The van der Waals surface area contributed by atoms with Crippen molar-refractivity contribution in [3.63, 3.8) is 0 Å². The van der Waals surface area contributed by atoms with E-state index in [1.165, 1.54) is 40.4 Å². The average Bonchev–Trinajstić information content (AvgIpc) is 3.18. The molecule has 0 amide bonds. The van der Waals surface area contributed by atoms with Crippen molar-refractivity contribution >= 4 is 50.7 Å². The molecule has 0 bridgehead atoms. The molecular weight excluding hydrogens is 416 g/mol. The first-order valence-corrected chi connectivity index (χ1v) is 8.07. The third-order valence-electron chi connectivity index (χ3n) is 2.94. The van der Waals surface area contributed by atoms with Crippen LogP contribution in [0.5, 0.6) is 0 Å². The van der Waals surface area contributed by atoms with Crippen molar-refractivity contribution in [1.29, 1.82) is 0 Å². The number of aromatic amines is 1. The van der Waals surface area contributed by atoms with Gasteiger partial charge in [0.15, 0.2) is 0 Å². The van der Waals surface area contributed by atoms with Crippen molar-refractivity contribution in [2.75, 3.05) is 0 Å². The van der Waals surface area contributed by atoms with E-state index in [0.29, 0.717) is 0 Å². The van der Waals surface area contributed by atoms with Gasteiger partial charge >= 0.3 is 28.4 Å². The van der Waals surface area contributed by atoms with E-state index < -0.39 is 0 Å². The van der Waals surface area contributed by atoms with Crippen LogP contribution in [-0.2, 0) is 24.2 Å². The topological polar surface area (TPSA) is 15.8 Å². The van der Waals surface area contributed by atoms with Gasteiger partial charge in [0, 0.05) is 0 Å². The van der Waals surface area contributed by atoms with Crippen LogP contribution in [-0.4, -0.2) is 9.20 Å². The van der Waals surface area contributed by atoms with Crippen LogP contribution in [0.15, 0.2) is 72.8 Å². The standard InChI is InChI=1S/C9H7.C8H6N.2CH3.CH2.2ClH.Zr/c1-2-5-9-7-3-6-8(9)4-1;1-2-4-8-7(3-1)5-6-9-8;;;;;;/h1-7H;1-5,9H;2*1H3;1H2;2*1H;/q4*-1;;;;. The molecule has 0 radical (unpaired) electrons. The molecule has 0 atom stereocenters. The molecule has 1 N–H and O–H groups in total. The maximum absolute atomic E-state index is 3.34. The van der Waals surface area contributed by atoms with Crippen molar-refractivity contribution in [1.82, 2.24) is 4.98 Å². The van der Waals surface area contributed by atoms with Gasteiger partial charge in [-0.25, -0.2) is 0 Å². The van der Waals surface area contributed by atoms with E-state index in [1.54, 1.807) is 0 Å². The number of benzene rings is 2. The quantitative estimate of drug-likeness (QED) is 0.312. The minimum absolute atomic E-state index is 0. The first-order chi connectivity index (χ1) is 9.93. The fraction of sp³-hybridized carbons (Fsp3) is 0. The van der Waals surface area contributed by atoms with Crippen LogP contribution in [0, 0.1) is 21.1 Å². The van der Waals surface area contributed by atoms with E-state index >= 15 is 0 Å². The minimum atomic E-state index is 0. The van der Waals surface area contributed by atoms with Gasteiger partial charge < -0.3 is 19.8 Å².